The van der Waals surface area contributed by atoms with Crippen LogP contribution in [0, 0.1) is 0 Å². The SMILES string of the molecule is c1ccc(-c2nc(-c3cccc(-c4cccc5c4c4ccccc4n5-c4ccccc4)c3)c3c(n2)c2ccccc2n3-c2ccccc2)cc1. The summed E-state index contributed by atoms with van der Waals surface area (Å²) in [6, 6.07) is 64.2. The minimum atomic E-state index is 0.711. The molecule has 7 aromatic carbocycles. The van der Waals surface area contributed by atoms with Crippen LogP contribution in [-0.2, 0) is 0 Å². The number of aromatic nitrogens is 4. The van der Waals surface area contributed by atoms with Crippen molar-refractivity contribution < 1.29 is 0 Å². The van der Waals surface area contributed by atoms with E-state index in [0.717, 1.165) is 55.7 Å². The van der Waals surface area contributed by atoms with Gasteiger partial charge in [0.15, 0.2) is 5.82 Å². The first-order chi connectivity index (χ1) is 24.8. The lowest BCUT2D eigenvalue weighted by molar-refractivity contribution is 1.15. The summed E-state index contributed by atoms with van der Waals surface area (Å²) in [7, 11) is 0. The van der Waals surface area contributed by atoms with Crippen molar-refractivity contribution in [2.75, 3.05) is 0 Å². The Labute approximate surface area is 289 Å². The van der Waals surface area contributed by atoms with Crippen LogP contribution in [0.3, 0.4) is 0 Å². The number of hydrogen-bond donors (Lipinski definition) is 0. The van der Waals surface area contributed by atoms with Crippen molar-refractivity contribution in [3.63, 3.8) is 0 Å². The molecular formula is C46H30N4. The predicted octanol–water partition coefficient (Wildman–Crippen LogP) is 11.7. The van der Waals surface area contributed by atoms with E-state index in [0.29, 0.717) is 5.82 Å². The summed E-state index contributed by atoms with van der Waals surface area (Å²) in [5.41, 5.74) is 12.9. The quantitative estimate of drug-likeness (QED) is 0.188. The number of rotatable bonds is 5. The first kappa shape index (κ1) is 28.3. The van der Waals surface area contributed by atoms with E-state index in [2.05, 4.69) is 173 Å². The van der Waals surface area contributed by atoms with E-state index in [9.17, 15) is 0 Å². The third kappa shape index (κ3) is 4.39. The van der Waals surface area contributed by atoms with Crippen molar-refractivity contribution in [1.82, 2.24) is 19.1 Å². The Balaban J connectivity index is 1.27. The minimum Gasteiger partial charge on any atom is -0.309 e. The third-order valence-corrected chi connectivity index (χ3v) is 9.71. The van der Waals surface area contributed by atoms with Crippen LogP contribution in [0.25, 0.3) is 88.9 Å². The van der Waals surface area contributed by atoms with Gasteiger partial charge in [-0.25, -0.2) is 9.97 Å². The van der Waals surface area contributed by atoms with Crippen LogP contribution in [0.2, 0.25) is 0 Å². The Morgan fingerprint density at radius 1 is 0.380 bits per heavy atom. The molecular weight excluding hydrogens is 609 g/mol. The van der Waals surface area contributed by atoms with Crippen LogP contribution in [0.15, 0.2) is 182 Å². The predicted molar refractivity (Wildman–Crippen MR) is 207 cm³/mol. The summed E-state index contributed by atoms with van der Waals surface area (Å²) in [5, 5.41) is 3.56. The van der Waals surface area contributed by atoms with Crippen molar-refractivity contribution in [2.45, 2.75) is 0 Å². The molecule has 0 atom stereocenters. The van der Waals surface area contributed by atoms with Crippen LogP contribution in [0.4, 0.5) is 0 Å². The van der Waals surface area contributed by atoms with E-state index in [1.165, 1.54) is 27.4 Å². The Hall–Kier alpha value is -6.78. The molecule has 0 aliphatic rings. The van der Waals surface area contributed by atoms with Crippen molar-refractivity contribution in [3.05, 3.63) is 182 Å². The second kappa shape index (κ2) is 11.4. The molecule has 0 radical (unpaired) electrons. The fraction of sp³-hybridized carbons (Fsp3) is 0. The summed E-state index contributed by atoms with van der Waals surface area (Å²) in [5.74, 6) is 0.711. The number of nitrogens with zero attached hydrogens (tertiary/aromatic N) is 4. The normalized spacial score (nSPS) is 11.6. The van der Waals surface area contributed by atoms with Gasteiger partial charge >= 0.3 is 0 Å². The van der Waals surface area contributed by atoms with Gasteiger partial charge in [0.05, 0.1) is 27.8 Å². The molecule has 0 N–H and O–H groups in total. The van der Waals surface area contributed by atoms with Gasteiger partial charge < -0.3 is 9.13 Å². The minimum absolute atomic E-state index is 0.711. The van der Waals surface area contributed by atoms with E-state index in [1.807, 2.05) is 18.2 Å². The number of hydrogen-bond acceptors (Lipinski definition) is 2. The van der Waals surface area contributed by atoms with Crippen molar-refractivity contribution in [2.24, 2.45) is 0 Å². The zero-order valence-corrected chi connectivity index (χ0v) is 27.1. The molecule has 3 aromatic heterocycles. The number of benzene rings is 7. The molecule has 4 heteroatoms. The van der Waals surface area contributed by atoms with Crippen molar-refractivity contribution in [1.29, 1.82) is 0 Å². The molecule has 4 nitrogen and oxygen atoms in total. The molecule has 50 heavy (non-hydrogen) atoms. The standard InChI is InChI=1S/C46H30N4/c1-4-16-31(17-5-1)46-47-43(45-44(48-46)38-25-11-13-28-40(38)50(45)35-22-8-3-9-23-35)33-19-14-18-32(30-33)36-26-15-29-41-42(36)37-24-10-12-27-39(37)49(41)34-20-6-2-7-21-34/h1-30H. The third-order valence-electron chi connectivity index (χ3n) is 9.71. The summed E-state index contributed by atoms with van der Waals surface area (Å²) >= 11 is 0. The van der Waals surface area contributed by atoms with E-state index >= 15 is 0 Å². The monoisotopic (exact) mass is 638 g/mol. The maximum Gasteiger partial charge on any atom is 0.160 e. The molecule has 0 unspecified atom stereocenters. The summed E-state index contributed by atoms with van der Waals surface area (Å²) in [6.45, 7) is 0. The first-order valence-corrected chi connectivity index (χ1v) is 16.9. The van der Waals surface area contributed by atoms with Crippen LogP contribution in [0.5, 0.6) is 0 Å². The molecule has 0 fully saturated rings. The van der Waals surface area contributed by atoms with Crippen LogP contribution >= 0.6 is 0 Å². The Morgan fingerprint density at radius 2 is 0.920 bits per heavy atom. The van der Waals surface area contributed by atoms with Gasteiger partial charge in [-0.3, -0.25) is 0 Å². The maximum atomic E-state index is 5.38. The lowest BCUT2D eigenvalue weighted by atomic mass is 9.97. The van der Waals surface area contributed by atoms with Crippen LogP contribution in [0.1, 0.15) is 0 Å². The highest BCUT2D eigenvalue weighted by molar-refractivity contribution is 6.16. The highest BCUT2D eigenvalue weighted by Crippen LogP contribution is 2.41. The highest BCUT2D eigenvalue weighted by atomic mass is 15.0. The zero-order chi connectivity index (χ0) is 33.0. The van der Waals surface area contributed by atoms with Gasteiger partial charge in [-0.05, 0) is 59.7 Å². The van der Waals surface area contributed by atoms with Gasteiger partial charge in [0.1, 0.15) is 5.52 Å². The second-order valence-corrected chi connectivity index (χ2v) is 12.6. The lowest BCUT2D eigenvalue weighted by Crippen LogP contribution is -2.00. The van der Waals surface area contributed by atoms with E-state index in [1.54, 1.807) is 0 Å². The summed E-state index contributed by atoms with van der Waals surface area (Å²) < 4.78 is 4.69. The molecule has 0 saturated heterocycles. The van der Waals surface area contributed by atoms with Gasteiger partial charge in [-0.15, -0.1) is 0 Å². The topological polar surface area (TPSA) is 35.6 Å². The maximum absolute atomic E-state index is 5.38. The smallest absolute Gasteiger partial charge is 0.160 e. The van der Waals surface area contributed by atoms with E-state index < -0.39 is 0 Å². The molecule has 234 valence electrons. The molecule has 0 aliphatic heterocycles. The van der Waals surface area contributed by atoms with Gasteiger partial charge in [-0.2, -0.15) is 0 Å². The molecule has 0 amide bonds. The molecule has 10 rings (SSSR count). The average molecular weight is 639 g/mol. The zero-order valence-electron chi connectivity index (χ0n) is 27.1. The fourth-order valence-corrected chi connectivity index (χ4v) is 7.56. The molecule has 0 saturated carbocycles. The average Bonchev–Trinajstić information content (AvgIpc) is 3.72. The van der Waals surface area contributed by atoms with Crippen LogP contribution in [-0.4, -0.2) is 19.1 Å². The largest absolute Gasteiger partial charge is 0.309 e. The molecule has 0 aliphatic carbocycles. The summed E-state index contributed by atoms with van der Waals surface area (Å²) in [4.78, 5) is 10.6. The Kier molecular flexibility index (Phi) is 6.46. The number of fused-ring (bicyclic) bond motifs is 6. The highest BCUT2D eigenvalue weighted by Gasteiger charge is 2.22. The first-order valence-electron chi connectivity index (χ1n) is 16.9. The van der Waals surface area contributed by atoms with Gasteiger partial charge in [0.2, 0.25) is 0 Å². The lowest BCUT2D eigenvalue weighted by Gasteiger charge is -2.13. The Morgan fingerprint density at radius 3 is 1.66 bits per heavy atom. The van der Waals surface area contributed by atoms with E-state index in [-0.39, 0.29) is 0 Å². The van der Waals surface area contributed by atoms with Gasteiger partial charge in [0, 0.05) is 38.7 Å². The Bertz CT molecular complexity index is 2850. The van der Waals surface area contributed by atoms with Gasteiger partial charge in [0.25, 0.3) is 0 Å². The van der Waals surface area contributed by atoms with Crippen molar-refractivity contribution in [3.8, 4) is 45.1 Å². The fourth-order valence-electron chi connectivity index (χ4n) is 7.56. The second-order valence-electron chi connectivity index (χ2n) is 12.6. The number of para-hydroxylation sites is 4. The van der Waals surface area contributed by atoms with Gasteiger partial charge in [-0.1, -0.05) is 133 Å². The summed E-state index contributed by atoms with van der Waals surface area (Å²) in [6.07, 6.45) is 0. The van der Waals surface area contributed by atoms with Crippen molar-refractivity contribution >= 4 is 43.7 Å². The molecule has 3 heterocycles. The van der Waals surface area contributed by atoms with E-state index in [4.69, 9.17) is 9.97 Å². The molecule has 0 bridgehead atoms. The van der Waals surface area contributed by atoms with Crippen LogP contribution < -0.4 is 0 Å². The molecule has 0 spiro atoms. The molecule has 10 aromatic rings.